The van der Waals surface area contributed by atoms with Crippen LogP contribution in [0.2, 0.25) is 0 Å². The molecular formula is C19H23NO4. The summed E-state index contributed by atoms with van der Waals surface area (Å²) < 4.78 is 16.1. The van der Waals surface area contributed by atoms with Gasteiger partial charge in [0.25, 0.3) is 5.91 Å². The lowest BCUT2D eigenvalue weighted by Crippen LogP contribution is -2.24. The van der Waals surface area contributed by atoms with Gasteiger partial charge in [0.1, 0.15) is 22.8 Å². The van der Waals surface area contributed by atoms with Gasteiger partial charge in [-0.2, -0.15) is 0 Å². The van der Waals surface area contributed by atoms with E-state index in [2.05, 4.69) is 5.32 Å². The average Bonchev–Trinajstić information content (AvgIpc) is 2.59. The summed E-state index contributed by atoms with van der Waals surface area (Å²) in [6.07, 6.45) is 0.133. The lowest BCUT2D eigenvalue weighted by atomic mass is 10.1. The summed E-state index contributed by atoms with van der Waals surface area (Å²) in [7, 11) is 3.05. The van der Waals surface area contributed by atoms with E-state index in [1.165, 1.54) is 14.2 Å². The van der Waals surface area contributed by atoms with Crippen molar-refractivity contribution in [2.45, 2.75) is 26.5 Å². The summed E-state index contributed by atoms with van der Waals surface area (Å²) in [6.45, 7) is 4.37. The molecule has 0 saturated carbocycles. The van der Waals surface area contributed by atoms with Gasteiger partial charge in [-0.25, -0.2) is 0 Å². The maximum Gasteiger partial charge on any atom is 0.259 e. The maximum absolute atomic E-state index is 12.5. The van der Waals surface area contributed by atoms with E-state index < -0.39 is 0 Å². The van der Waals surface area contributed by atoms with Crippen molar-refractivity contribution in [3.8, 4) is 17.2 Å². The van der Waals surface area contributed by atoms with Gasteiger partial charge in [0.15, 0.2) is 0 Å². The molecule has 0 aliphatic carbocycles. The van der Waals surface area contributed by atoms with Crippen molar-refractivity contribution in [2.24, 2.45) is 0 Å². The van der Waals surface area contributed by atoms with Crippen molar-refractivity contribution >= 4 is 5.91 Å². The van der Waals surface area contributed by atoms with E-state index in [9.17, 15) is 4.79 Å². The summed E-state index contributed by atoms with van der Waals surface area (Å²) in [5.74, 6) is 1.53. The molecule has 0 heterocycles. The van der Waals surface area contributed by atoms with Crippen molar-refractivity contribution in [1.82, 2.24) is 5.32 Å². The van der Waals surface area contributed by atoms with Gasteiger partial charge in [-0.05, 0) is 43.7 Å². The van der Waals surface area contributed by atoms with Crippen molar-refractivity contribution in [1.29, 1.82) is 0 Å². The molecule has 0 saturated heterocycles. The lowest BCUT2D eigenvalue weighted by molar-refractivity contribution is 0.0944. The van der Waals surface area contributed by atoms with Crippen LogP contribution >= 0.6 is 0 Å². The third kappa shape index (κ3) is 4.41. The Labute approximate surface area is 142 Å². The summed E-state index contributed by atoms with van der Waals surface area (Å²) >= 11 is 0. The van der Waals surface area contributed by atoms with Crippen LogP contribution in [0.15, 0.2) is 42.5 Å². The molecule has 5 heteroatoms. The fraction of sp³-hybridized carbons (Fsp3) is 0.316. The van der Waals surface area contributed by atoms with Crippen molar-refractivity contribution in [2.75, 3.05) is 14.2 Å². The molecule has 5 nitrogen and oxygen atoms in total. The molecule has 2 aromatic rings. The number of carbonyl (C=O) groups is 1. The summed E-state index contributed by atoms with van der Waals surface area (Å²) in [6, 6.07) is 12.9. The Bertz CT molecular complexity index is 658. The SMILES string of the molecule is COc1cccc(OC)c1C(=O)NCc1ccc(OC(C)C)cc1. The predicted octanol–water partition coefficient (Wildman–Crippen LogP) is 3.42. The summed E-state index contributed by atoms with van der Waals surface area (Å²) in [5.41, 5.74) is 1.37. The van der Waals surface area contributed by atoms with Crippen LogP contribution in [0.5, 0.6) is 17.2 Å². The first-order valence-electron chi connectivity index (χ1n) is 7.80. The molecule has 24 heavy (non-hydrogen) atoms. The van der Waals surface area contributed by atoms with Crippen molar-refractivity contribution in [3.05, 3.63) is 53.6 Å². The van der Waals surface area contributed by atoms with Gasteiger partial charge < -0.3 is 19.5 Å². The van der Waals surface area contributed by atoms with Gasteiger partial charge in [0.05, 0.1) is 20.3 Å². The van der Waals surface area contributed by atoms with Crippen LogP contribution in [0.1, 0.15) is 29.8 Å². The molecule has 0 radical (unpaired) electrons. The Balaban J connectivity index is 2.06. The van der Waals surface area contributed by atoms with Crippen molar-refractivity contribution in [3.63, 3.8) is 0 Å². The largest absolute Gasteiger partial charge is 0.496 e. The first-order chi connectivity index (χ1) is 11.5. The molecular weight excluding hydrogens is 306 g/mol. The zero-order chi connectivity index (χ0) is 17.5. The van der Waals surface area contributed by atoms with E-state index in [0.717, 1.165) is 11.3 Å². The Morgan fingerprint density at radius 1 is 1.00 bits per heavy atom. The zero-order valence-corrected chi connectivity index (χ0v) is 14.5. The van der Waals surface area contributed by atoms with Gasteiger partial charge in [-0.15, -0.1) is 0 Å². The van der Waals surface area contributed by atoms with E-state index in [-0.39, 0.29) is 12.0 Å². The van der Waals surface area contributed by atoms with Crippen LogP contribution < -0.4 is 19.5 Å². The minimum Gasteiger partial charge on any atom is -0.496 e. The molecule has 0 fully saturated rings. The summed E-state index contributed by atoms with van der Waals surface area (Å²) in [4.78, 5) is 12.5. The standard InChI is InChI=1S/C19H23NO4/c1-13(2)24-15-10-8-14(9-11-15)12-20-19(21)18-16(22-3)6-5-7-17(18)23-4/h5-11,13H,12H2,1-4H3,(H,20,21). The van der Waals surface area contributed by atoms with Crippen LogP contribution in [0.4, 0.5) is 0 Å². The molecule has 2 rings (SSSR count). The first kappa shape index (κ1) is 17.7. The number of rotatable bonds is 7. The molecule has 128 valence electrons. The van der Waals surface area contributed by atoms with Crippen LogP contribution in [0, 0.1) is 0 Å². The van der Waals surface area contributed by atoms with E-state index in [1.807, 2.05) is 38.1 Å². The highest BCUT2D eigenvalue weighted by atomic mass is 16.5. The van der Waals surface area contributed by atoms with E-state index >= 15 is 0 Å². The van der Waals surface area contributed by atoms with E-state index in [1.54, 1.807) is 18.2 Å². The molecule has 0 atom stereocenters. The van der Waals surface area contributed by atoms with Crippen LogP contribution in [-0.2, 0) is 6.54 Å². The second-order valence-corrected chi connectivity index (χ2v) is 5.53. The minimum atomic E-state index is -0.244. The van der Waals surface area contributed by atoms with Crippen LogP contribution in [0.25, 0.3) is 0 Å². The van der Waals surface area contributed by atoms with Crippen LogP contribution in [0.3, 0.4) is 0 Å². The number of nitrogens with one attached hydrogen (secondary N) is 1. The van der Waals surface area contributed by atoms with Gasteiger partial charge in [-0.1, -0.05) is 18.2 Å². The monoisotopic (exact) mass is 329 g/mol. The first-order valence-corrected chi connectivity index (χ1v) is 7.80. The highest BCUT2D eigenvalue weighted by Gasteiger charge is 2.17. The molecule has 0 spiro atoms. The zero-order valence-electron chi connectivity index (χ0n) is 14.5. The second kappa shape index (κ2) is 8.24. The topological polar surface area (TPSA) is 56.8 Å². The Kier molecular flexibility index (Phi) is 6.07. The number of methoxy groups -OCH3 is 2. The molecule has 0 unspecified atom stereocenters. The second-order valence-electron chi connectivity index (χ2n) is 5.53. The molecule has 1 amide bonds. The Morgan fingerprint density at radius 2 is 1.58 bits per heavy atom. The van der Waals surface area contributed by atoms with Crippen LogP contribution in [-0.4, -0.2) is 26.2 Å². The van der Waals surface area contributed by atoms with E-state index in [0.29, 0.717) is 23.6 Å². The minimum absolute atomic E-state index is 0.133. The quantitative estimate of drug-likeness (QED) is 0.845. The highest BCUT2D eigenvalue weighted by Crippen LogP contribution is 2.28. The fourth-order valence-electron chi connectivity index (χ4n) is 2.30. The normalized spacial score (nSPS) is 10.4. The van der Waals surface area contributed by atoms with Crippen molar-refractivity contribution < 1.29 is 19.0 Å². The Hall–Kier alpha value is -2.69. The molecule has 0 bridgehead atoms. The number of carbonyl (C=O) groups excluding carboxylic acids is 1. The third-order valence-corrected chi connectivity index (χ3v) is 3.40. The lowest BCUT2D eigenvalue weighted by Gasteiger charge is -2.13. The number of benzene rings is 2. The highest BCUT2D eigenvalue weighted by molar-refractivity contribution is 5.99. The third-order valence-electron chi connectivity index (χ3n) is 3.40. The van der Waals surface area contributed by atoms with Gasteiger partial charge >= 0.3 is 0 Å². The molecule has 1 N–H and O–H groups in total. The Morgan fingerprint density at radius 3 is 2.08 bits per heavy atom. The molecule has 0 aliphatic rings. The number of ether oxygens (including phenoxy) is 3. The van der Waals surface area contributed by atoms with Gasteiger partial charge in [0, 0.05) is 6.54 Å². The van der Waals surface area contributed by atoms with E-state index in [4.69, 9.17) is 14.2 Å². The number of hydrogen-bond donors (Lipinski definition) is 1. The molecule has 0 aromatic heterocycles. The average molecular weight is 329 g/mol. The smallest absolute Gasteiger partial charge is 0.259 e. The maximum atomic E-state index is 12.5. The molecule has 2 aromatic carbocycles. The fourth-order valence-corrected chi connectivity index (χ4v) is 2.30. The van der Waals surface area contributed by atoms with Gasteiger partial charge in [0.2, 0.25) is 0 Å². The predicted molar refractivity (Wildman–Crippen MR) is 92.9 cm³/mol. The number of amides is 1. The summed E-state index contributed by atoms with van der Waals surface area (Å²) in [5, 5.41) is 2.89. The molecule has 0 aliphatic heterocycles. The van der Waals surface area contributed by atoms with Gasteiger partial charge in [-0.3, -0.25) is 4.79 Å². The number of hydrogen-bond acceptors (Lipinski definition) is 4.